The van der Waals surface area contributed by atoms with Gasteiger partial charge in [0.2, 0.25) is 0 Å². The SMILES string of the molecule is CC(C)(C)OC(=O)N1CCOC[C@@H]1Cn1c(=O)oc2ccc(Br)cc21. The second-order valence-corrected chi connectivity index (χ2v) is 7.91. The van der Waals surface area contributed by atoms with E-state index in [9.17, 15) is 9.59 Å². The van der Waals surface area contributed by atoms with E-state index in [-0.39, 0.29) is 12.6 Å². The van der Waals surface area contributed by atoms with Crippen molar-refractivity contribution < 1.29 is 18.7 Å². The average molecular weight is 413 g/mol. The molecule has 136 valence electrons. The molecule has 0 aliphatic carbocycles. The molecule has 1 aliphatic rings. The van der Waals surface area contributed by atoms with Gasteiger partial charge in [-0.05, 0) is 39.0 Å². The maximum Gasteiger partial charge on any atom is 0.420 e. The summed E-state index contributed by atoms with van der Waals surface area (Å²) in [5, 5.41) is 0. The number of fused-ring (bicyclic) bond motifs is 1. The van der Waals surface area contributed by atoms with E-state index in [1.54, 1.807) is 11.0 Å². The molecule has 1 atom stereocenters. The lowest BCUT2D eigenvalue weighted by Gasteiger charge is -2.36. The lowest BCUT2D eigenvalue weighted by molar-refractivity contribution is -0.0359. The highest BCUT2D eigenvalue weighted by Crippen LogP contribution is 2.21. The van der Waals surface area contributed by atoms with Gasteiger partial charge in [-0.3, -0.25) is 9.47 Å². The number of ether oxygens (including phenoxy) is 2. The minimum atomic E-state index is -0.579. The maximum atomic E-state index is 12.5. The first-order valence-corrected chi connectivity index (χ1v) is 8.90. The molecule has 0 unspecified atom stereocenters. The Kier molecular flexibility index (Phi) is 4.92. The number of hydrogen-bond donors (Lipinski definition) is 0. The van der Waals surface area contributed by atoms with Gasteiger partial charge in [0.1, 0.15) is 5.60 Å². The number of halogens is 1. The minimum Gasteiger partial charge on any atom is -0.444 e. The van der Waals surface area contributed by atoms with Crippen molar-refractivity contribution in [3.05, 3.63) is 33.2 Å². The number of rotatable bonds is 2. The Morgan fingerprint density at radius 3 is 2.88 bits per heavy atom. The van der Waals surface area contributed by atoms with Crippen LogP contribution in [0.3, 0.4) is 0 Å². The van der Waals surface area contributed by atoms with E-state index in [4.69, 9.17) is 13.9 Å². The number of amides is 1. The molecule has 7 nitrogen and oxygen atoms in total. The quantitative estimate of drug-likeness (QED) is 0.757. The molecule has 1 aliphatic heterocycles. The van der Waals surface area contributed by atoms with E-state index in [2.05, 4.69) is 15.9 Å². The van der Waals surface area contributed by atoms with Gasteiger partial charge in [0.25, 0.3) is 0 Å². The molecule has 1 saturated heterocycles. The van der Waals surface area contributed by atoms with Crippen molar-refractivity contribution in [2.24, 2.45) is 0 Å². The maximum absolute atomic E-state index is 12.5. The van der Waals surface area contributed by atoms with Crippen LogP contribution in [0.1, 0.15) is 20.8 Å². The molecule has 1 fully saturated rings. The summed E-state index contributed by atoms with van der Waals surface area (Å²) < 4.78 is 18.6. The number of carbonyl (C=O) groups excluding carboxylic acids is 1. The highest BCUT2D eigenvalue weighted by atomic mass is 79.9. The predicted molar refractivity (Wildman–Crippen MR) is 95.7 cm³/mol. The summed E-state index contributed by atoms with van der Waals surface area (Å²) in [6.07, 6.45) is -0.400. The zero-order chi connectivity index (χ0) is 18.2. The Morgan fingerprint density at radius 1 is 1.40 bits per heavy atom. The third kappa shape index (κ3) is 4.07. The van der Waals surface area contributed by atoms with Crippen LogP contribution in [0.15, 0.2) is 31.9 Å². The van der Waals surface area contributed by atoms with Crippen LogP contribution >= 0.6 is 15.9 Å². The van der Waals surface area contributed by atoms with Gasteiger partial charge >= 0.3 is 11.8 Å². The molecule has 0 spiro atoms. The van der Waals surface area contributed by atoms with E-state index < -0.39 is 17.5 Å². The molecular formula is C17H21BrN2O5. The lowest BCUT2D eigenvalue weighted by atomic mass is 10.2. The topological polar surface area (TPSA) is 73.9 Å². The molecular weight excluding hydrogens is 392 g/mol. The molecule has 0 N–H and O–H groups in total. The van der Waals surface area contributed by atoms with Crippen LogP contribution in [0.2, 0.25) is 0 Å². The Balaban J connectivity index is 1.87. The minimum absolute atomic E-state index is 0.279. The van der Waals surface area contributed by atoms with Crippen molar-refractivity contribution in [1.29, 1.82) is 0 Å². The summed E-state index contributed by atoms with van der Waals surface area (Å²) in [5.74, 6) is -0.456. The van der Waals surface area contributed by atoms with Crippen LogP contribution in [0.5, 0.6) is 0 Å². The smallest absolute Gasteiger partial charge is 0.420 e. The van der Waals surface area contributed by atoms with Gasteiger partial charge in [0.15, 0.2) is 5.58 Å². The second kappa shape index (κ2) is 6.84. The summed E-state index contributed by atoms with van der Waals surface area (Å²) in [6, 6.07) is 5.06. The molecule has 1 aromatic heterocycles. The predicted octanol–water partition coefficient (Wildman–Crippen LogP) is 2.99. The summed E-state index contributed by atoms with van der Waals surface area (Å²) in [4.78, 5) is 26.3. The molecule has 8 heteroatoms. The van der Waals surface area contributed by atoms with Crippen LogP contribution in [0, 0.1) is 0 Å². The molecule has 1 amide bonds. The second-order valence-electron chi connectivity index (χ2n) is 6.99. The van der Waals surface area contributed by atoms with E-state index in [0.717, 1.165) is 4.47 Å². The Hall–Kier alpha value is -1.80. The summed E-state index contributed by atoms with van der Waals surface area (Å²) >= 11 is 3.40. The van der Waals surface area contributed by atoms with Crippen LogP contribution in [0.4, 0.5) is 4.79 Å². The van der Waals surface area contributed by atoms with E-state index in [0.29, 0.717) is 30.9 Å². The highest BCUT2D eigenvalue weighted by molar-refractivity contribution is 9.10. The zero-order valence-electron chi connectivity index (χ0n) is 14.5. The summed E-state index contributed by atoms with van der Waals surface area (Å²) in [6.45, 7) is 6.97. The normalized spacial score (nSPS) is 18.6. The Bertz CT molecular complexity index is 836. The molecule has 3 rings (SSSR count). The Labute approximate surface area is 153 Å². The first kappa shape index (κ1) is 18.0. The van der Waals surface area contributed by atoms with Gasteiger partial charge < -0.3 is 13.9 Å². The van der Waals surface area contributed by atoms with E-state index in [1.807, 2.05) is 32.9 Å². The molecule has 2 aromatic rings. The van der Waals surface area contributed by atoms with Gasteiger partial charge in [-0.1, -0.05) is 15.9 Å². The fourth-order valence-corrected chi connectivity index (χ4v) is 3.13. The van der Waals surface area contributed by atoms with Crippen LogP contribution in [-0.4, -0.2) is 47.0 Å². The van der Waals surface area contributed by atoms with E-state index in [1.165, 1.54) is 4.57 Å². The third-order valence-corrected chi connectivity index (χ3v) is 4.37. The molecule has 2 heterocycles. The number of benzene rings is 1. The van der Waals surface area contributed by atoms with Crippen molar-refractivity contribution in [1.82, 2.24) is 9.47 Å². The average Bonchev–Trinajstić information content (AvgIpc) is 2.82. The van der Waals surface area contributed by atoms with Gasteiger partial charge in [-0.25, -0.2) is 9.59 Å². The van der Waals surface area contributed by atoms with Crippen LogP contribution in [-0.2, 0) is 16.0 Å². The number of morpholine rings is 1. The van der Waals surface area contributed by atoms with Gasteiger partial charge in [-0.15, -0.1) is 0 Å². The molecule has 1 aromatic carbocycles. The molecule has 0 radical (unpaired) electrons. The first-order valence-electron chi connectivity index (χ1n) is 8.11. The molecule has 0 saturated carbocycles. The molecule has 25 heavy (non-hydrogen) atoms. The van der Waals surface area contributed by atoms with Gasteiger partial charge in [-0.2, -0.15) is 0 Å². The summed E-state index contributed by atoms with van der Waals surface area (Å²) in [5.41, 5.74) is 0.604. The van der Waals surface area contributed by atoms with Crippen LogP contribution in [0.25, 0.3) is 11.1 Å². The first-order chi connectivity index (χ1) is 11.7. The fourth-order valence-electron chi connectivity index (χ4n) is 2.79. The third-order valence-electron chi connectivity index (χ3n) is 3.88. The number of nitrogens with zero attached hydrogens (tertiary/aromatic N) is 2. The van der Waals surface area contributed by atoms with Crippen molar-refractivity contribution in [2.45, 2.75) is 39.0 Å². The monoisotopic (exact) mass is 412 g/mol. The van der Waals surface area contributed by atoms with E-state index >= 15 is 0 Å². The van der Waals surface area contributed by atoms with Gasteiger partial charge in [0.05, 0.1) is 31.3 Å². The number of carbonyl (C=O) groups is 1. The largest absolute Gasteiger partial charge is 0.444 e. The van der Waals surface area contributed by atoms with Crippen LogP contribution < -0.4 is 5.76 Å². The number of aromatic nitrogens is 1. The standard InChI is InChI=1S/C17H21BrN2O5/c1-17(2,3)25-16(22)19-6-7-23-10-12(19)9-20-13-8-11(18)4-5-14(13)24-15(20)21/h4-5,8,12H,6-7,9-10H2,1-3H3/t12-/m0/s1. The van der Waals surface area contributed by atoms with Crippen molar-refractivity contribution in [3.63, 3.8) is 0 Å². The summed E-state index contributed by atoms with van der Waals surface area (Å²) in [7, 11) is 0. The van der Waals surface area contributed by atoms with Crippen molar-refractivity contribution >= 4 is 33.1 Å². The number of oxazole rings is 1. The zero-order valence-corrected chi connectivity index (χ0v) is 16.0. The van der Waals surface area contributed by atoms with Gasteiger partial charge in [0, 0.05) is 11.0 Å². The van der Waals surface area contributed by atoms with Crippen molar-refractivity contribution in [3.8, 4) is 0 Å². The number of hydrogen-bond acceptors (Lipinski definition) is 5. The fraction of sp³-hybridized carbons (Fsp3) is 0.529. The highest BCUT2D eigenvalue weighted by Gasteiger charge is 2.32. The van der Waals surface area contributed by atoms with Crippen molar-refractivity contribution in [2.75, 3.05) is 19.8 Å². The lowest BCUT2D eigenvalue weighted by Crippen LogP contribution is -2.52. The Morgan fingerprint density at radius 2 is 2.16 bits per heavy atom. The molecule has 0 bridgehead atoms.